The smallest absolute Gasteiger partial charge is 0.352 e. The van der Waals surface area contributed by atoms with Gasteiger partial charge in [-0.25, -0.2) is 9.59 Å². The Bertz CT molecular complexity index is 888. The highest BCUT2D eigenvalue weighted by atomic mass is 32.1. The van der Waals surface area contributed by atoms with E-state index >= 15 is 0 Å². The molecule has 7 heteroatoms. The summed E-state index contributed by atoms with van der Waals surface area (Å²) in [5.74, 6) is -0.889. The molecule has 0 atom stereocenters. The Labute approximate surface area is 172 Å². The third-order valence-corrected chi connectivity index (χ3v) is 5.13. The van der Waals surface area contributed by atoms with Crippen molar-refractivity contribution in [2.45, 2.75) is 13.2 Å². The molecule has 0 bridgehead atoms. The number of esters is 2. The Morgan fingerprint density at radius 1 is 0.690 bits per heavy atom. The standard InChI is InChI=1S/C22H20O6S/c1-25-21(23)19-17(27-13-15-9-5-3-6-10-15)18(20(29-19)22(24)26-2)28-14-16-11-7-4-8-12-16/h3-12H,13-14H2,1-2H3. The molecule has 1 heterocycles. The summed E-state index contributed by atoms with van der Waals surface area (Å²) < 4.78 is 21.6. The lowest BCUT2D eigenvalue weighted by Gasteiger charge is -2.12. The fourth-order valence-electron chi connectivity index (χ4n) is 2.58. The molecular formula is C22H20O6S. The van der Waals surface area contributed by atoms with E-state index in [1.165, 1.54) is 14.2 Å². The first-order chi connectivity index (χ1) is 14.1. The van der Waals surface area contributed by atoms with Crippen molar-refractivity contribution in [3.63, 3.8) is 0 Å². The van der Waals surface area contributed by atoms with Crippen LogP contribution in [0.1, 0.15) is 30.5 Å². The number of rotatable bonds is 8. The van der Waals surface area contributed by atoms with Gasteiger partial charge in [-0.3, -0.25) is 0 Å². The zero-order valence-corrected chi connectivity index (χ0v) is 16.9. The van der Waals surface area contributed by atoms with Gasteiger partial charge in [-0.2, -0.15) is 0 Å². The molecule has 2 aromatic carbocycles. The van der Waals surface area contributed by atoms with E-state index in [2.05, 4.69) is 0 Å². The van der Waals surface area contributed by atoms with Crippen LogP contribution >= 0.6 is 11.3 Å². The number of hydrogen-bond acceptors (Lipinski definition) is 7. The van der Waals surface area contributed by atoms with Gasteiger partial charge in [-0.15, -0.1) is 11.3 Å². The first-order valence-corrected chi connectivity index (χ1v) is 9.62. The highest BCUT2D eigenvalue weighted by Gasteiger charge is 2.30. The summed E-state index contributed by atoms with van der Waals surface area (Å²) >= 11 is 0.923. The van der Waals surface area contributed by atoms with E-state index in [-0.39, 0.29) is 34.5 Å². The van der Waals surface area contributed by atoms with Gasteiger partial charge in [0.25, 0.3) is 0 Å². The quantitative estimate of drug-likeness (QED) is 0.508. The maximum atomic E-state index is 12.3. The van der Waals surface area contributed by atoms with Crippen LogP contribution in [0.25, 0.3) is 0 Å². The topological polar surface area (TPSA) is 71.1 Å². The Balaban J connectivity index is 1.97. The van der Waals surface area contributed by atoms with E-state index in [4.69, 9.17) is 18.9 Å². The van der Waals surface area contributed by atoms with E-state index in [1.807, 2.05) is 60.7 Å². The van der Waals surface area contributed by atoms with Gasteiger partial charge in [0.1, 0.15) is 13.2 Å². The van der Waals surface area contributed by atoms with E-state index in [9.17, 15) is 9.59 Å². The molecule has 0 aliphatic carbocycles. The minimum Gasteiger partial charge on any atom is -0.483 e. The molecule has 0 N–H and O–H groups in total. The van der Waals surface area contributed by atoms with Crippen molar-refractivity contribution in [3.05, 3.63) is 81.5 Å². The SMILES string of the molecule is COC(=O)c1sc(C(=O)OC)c(OCc2ccccc2)c1OCc1ccccc1. The van der Waals surface area contributed by atoms with Crippen LogP contribution in [0.3, 0.4) is 0 Å². The highest BCUT2D eigenvalue weighted by Crippen LogP contribution is 2.44. The number of carbonyl (C=O) groups excluding carboxylic acids is 2. The zero-order chi connectivity index (χ0) is 20.6. The average molecular weight is 412 g/mol. The van der Waals surface area contributed by atoms with Crippen LogP contribution in [0.2, 0.25) is 0 Å². The third kappa shape index (κ3) is 4.94. The Hall–Kier alpha value is -3.32. The second kappa shape index (κ2) is 9.75. The van der Waals surface area contributed by atoms with Gasteiger partial charge < -0.3 is 18.9 Å². The highest BCUT2D eigenvalue weighted by molar-refractivity contribution is 7.16. The van der Waals surface area contributed by atoms with Crippen LogP contribution in [0.4, 0.5) is 0 Å². The van der Waals surface area contributed by atoms with Gasteiger partial charge in [-0.05, 0) is 11.1 Å². The van der Waals surface area contributed by atoms with E-state index < -0.39 is 11.9 Å². The van der Waals surface area contributed by atoms with Gasteiger partial charge in [-0.1, -0.05) is 60.7 Å². The summed E-state index contributed by atoms with van der Waals surface area (Å²) in [7, 11) is 2.54. The molecule has 0 amide bonds. The van der Waals surface area contributed by atoms with Crippen LogP contribution in [0, 0.1) is 0 Å². The molecule has 0 saturated heterocycles. The normalized spacial score (nSPS) is 10.3. The van der Waals surface area contributed by atoms with Crippen LogP contribution in [0.5, 0.6) is 11.5 Å². The predicted molar refractivity (Wildman–Crippen MR) is 109 cm³/mol. The van der Waals surface area contributed by atoms with Crippen molar-refractivity contribution < 1.29 is 28.5 Å². The second-order valence-corrected chi connectivity index (χ2v) is 6.97. The van der Waals surface area contributed by atoms with Crippen LogP contribution in [-0.4, -0.2) is 26.2 Å². The summed E-state index contributed by atoms with van der Waals surface area (Å²) in [5.41, 5.74) is 1.81. The molecule has 0 spiro atoms. The molecule has 0 saturated carbocycles. The van der Waals surface area contributed by atoms with Crippen molar-refractivity contribution in [1.82, 2.24) is 0 Å². The molecule has 1 aromatic heterocycles. The van der Waals surface area contributed by atoms with Gasteiger partial charge in [0.2, 0.25) is 0 Å². The molecule has 0 radical (unpaired) electrons. The summed E-state index contributed by atoms with van der Waals surface area (Å²) in [4.78, 5) is 24.9. The number of methoxy groups -OCH3 is 2. The van der Waals surface area contributed by atoms with Crippen LogP contribution < -0.4 is 9.47 Å². The van der Waals surface area contributed by atoms with Crippen molar-refractivity contribution in [3.8, 4) is 11.5 Å². The first kappa shape index (κ1) is 20.4. The van der Waals surface area contributed by atoms with Crippen molar-refractivity contribution in [2.75, 3.05) is 14.2 Å². The maximum Gasteiger partial charge on any atom is 0.352 e. The second-order valence-electron chi connectivity index (χ2n) is 5.95. The Morgan fingerprint density at radius 2 is 1.07 bits per heavy atom. The van der Waals surface area contributed by atoms with E-state index in [0.717, 1.165) is 22.5 Å². The molecular weight excluding hydrogens is 392 g/mol. The monoisotopic (exact) mass is 412 g/mol. The summed E-state index contributed by atoms with van der Waals surface area (Å²) in [6, 6.07) is 19.0. The predicted octanol–water partition coefficient (Wildman–Crippen LogP) is 4.48. The summed E-state index contributed by atoms with van der Waals surface area (Å²) in [6.45, 7) is 0.397. The minimum atomic E-state index is -0.613. The Morgan fingerprint density at radius 3 is 1.41 bits per heavy atom. The molecule has 150 valence electrons. The lowest BCUT2D eigenvalue weighted by atomic mass is 10.2. The van der Waals surface area contributed by atoms with Gasteiger partial charge in [0.05, 0.1) is 14.2 Å². The molecule has 29 heavy (non-hydrogen) atoms. The summed E-state index contributed by atoms with van der Waals surface area (Å²) in [6.07, 6.45) is 0. The fraction of sp³-hybridized carbons (Fsp3) is 0.182. The van der Waals surface area contributed by atoms with Gasteiger partial charge in [0, 0.05) is 0 Å². The number of ether oxygens (including phenoxy) is 4. The molecule has 0 fully saturated rings. The lowest BCUT2D eigenvalue weighted by Crippen LogP contribution is -2.06. The minimum absolute atomic E-state index is 0.145. The number of hydrogen-bond donors (Lipinski definition) is 0. The molecule has 0 aliphatic heterocycles. The molecule has 3 aromatic rings. The molecule has 6 nitrogen and oxygen atoms in total. The van der Waals surface area contributed by atoms with E-state index in [0.29, 0.717) is 0 Å². The number of thiophene rings is 1. The van der Waals surface area contributed by atoms with Crippen LogP contribution in [-0.2, 0) is 22.7 Å². The van der Waals surface area contributed by atoms with E-state index in [1.54, 1.807) is 0 Å². The van der Waals surface area contributed by atoms with Crippen LogP contribution in [0.15, 0.2) is 60.7 Å². The number of benzene rings is 2. The maximum absolute atomic E-state index is 12.3. The molecule has 0 unspecified atom stereocenters. The van der Waals surface area contributed by atoms with Gasteiger partial charge >= 0.3 is 11.9 Å². The van der Waals surface area contributed by atoms with Crippen molar-refractivity contribution in [2.24, 2.45) is 0 Å². The third-order valence-electron chi connectivity index (χ3n) is 4.02. The summed E-state index contributed by atoms with van der Waals surface area (Å²) in [5, 5.41) is 0. The largest absolute Gasteiger partial charge is 0.483 e. The molecule has 3 rings (SSSR count). The average Bonchev–Trinajstić information content (AvgIpc) is 3.15. The lowest BCUT2D eigenvalue weighted by molar-refractivity contribution is 0.0590. The van der Waals surface area contributed by atoms with Crippen molar-refractivity contribution >= 4 is 23.3 Å². The first-order valence-electron chi connectivity index (χ1n) is 8.81. The fourth-order valence-corrected chi connectivity index (χ4v) is 3.60. The molecule has 0 aliphatic rings. The van der Waals surface area contributed by atoms with Crippen molar-refractivity contribution in [1.29, 1.82) is 0 Å². The Kier molecular flexibility index (Phi) is 6.86. The zero-order valence-electron chi connectivity index (χ0n) is 16.0. The number of carbonyl (C=O) groups is 2. The van der Waals surface area contributed by atoms with Gasteiger partial charge in [0.15, 0.2) is 21.3 Å².